The van der Waals surface area contributed by atoms with Crippen molar-refractivity contribution in [3.63, 3.8) is 0 Å². The Morgan fingerprint density at radius 1 is 1.18 bits per heavy atom. The molecule has 2 N–H and O–H groups in total. The summed E-state index contributed by atoms with van der Waals surface area (Å²) in [5.41, 5.74) is 1.36. The zero-order chi connectivity index (χ0) is 23.8. The van der Waals surface area contributed by atoms with Gasteiger partial charge in [-0.05, 0) is 50.5 Å². The molecule has 10 heteroatoms. The Labute approximate surface area is 200 Å². The number of anilines is 2. The van der Waals surface area contributed by atoms with E-state index in [0.29, 0.717) is 43.0 Å². The fourth-order valence-electron chi connectivity index (χ4n) is 4.49. The van der Waals surface area contributed by atoms with E-state index in [9.17, 15) is 13.2 Å². The van der Waals surface area contributed by atoms with Gasteiger partial charge in [-0.15, -0.1) is 0 Å². The number of nitrogens with one attached hydrogen (secondary N) is 2. The number of benzene rings is 2. The molecule has 33 heavy (non-hydrogen) atoms. The number of thiol groups is 1. The third-order valence-corrected chi connectivity index (χ3v) is 7.38. The number of rotatable bonds is 5. The lowest BCUT2D eigenvalue weighted by Crippen LogP contribution is -2.62. The number of guanidine groups is 1. The molecule has 2 heterocycles. The van der Waals surface area contributed by atoms with Crippen molar-refractivity contribution >= 4 is 45.7 Å². The summed E-state index contributed by atoms with van der Waals surface area (Å²) in [6, 6.07) is 12.1. The molecule has 2 aromatic rings. The lowest BCUT2D eigenvalue weighted by atomic mass is 9.85. The first kappa shape index (κ1) is 23.5. The van der Waals surface area contributed by atoms with Crippen molar-refractivity contribution in [2.75, 3.05) is 17.5 Å². The minimum Gasteiger partial charge on any atom is -0.381 e. The molecule has 2 saturated heterocycles. The van der Waals surface area contributed by atoms with E-state index in [1.165, 1.54) is 4.90 Å². The minimum absolute atomic E-state index is 0.0208. The number of hydrogen-bond donors (Lipinski definition) is 3. The maximum absolute atomic E-state index is 13.1. The largest absolute Gasteiger partial charge is 0.381 e. The summed E-state index contributed by atoms with van der Waals surface area (Å²) in [5, 5.41) is 11.9. The van der Waals surface area contributed by atoms with Crippen LogP contribution in [0.15, 0.2) is 42.5 Å². The first-order valence-corrected chi connectivity index (χ1v) is 12.3. The van der Waals surface area contributed by atoms with E-state index in [1.54, 1.807) is 37.3 Å². The molecule has 0 unspecified atom stereocenters. The van der Waals surface area contributed by atoms with Crippen molar-refractivity contribution in [1.29, 1.82) is 5.41 Å². The summed E-state index contributed by atoms with van der Waals surface area (Å²) in [5.74, 6) is -0.146. The van der Waals surface area contributed by atoms with Gasteiger partial charge in [-0.2, -0.15) is 0 Å². The molecule has 176 valence electrons. The number of aryl methyl sites for hydroxylation is 1. The molecular formula is C23H27ClN4O4S. The maximum Gasteiger partial charge on any atom is 0.232 e. The van der Waals surface area contributed by atoms with E-state index in [1.807, 2.05) is 19.1 Å². The fourth-order valence-corrected chi connectivity index (χ4v) is 5.63. The highest BCUT2D eigenvalue weighted by Crippen LogP contribution is 2.41. The summed E-state index contributed by atoms with van der Waals surface area (Å²) in [4.78, 5) is 14.6. The maximum atomic E-state index is 13.1. The first-order chi connectivity index (χ1) is 15.7. The van der Waals surface area contributed by atoms with Crippen LogP contribution in [-0.4, -0.2) is 44.4 Å². The Morgan fingerprint density at radius 2 is 1.85 bits per heavy atom. The molecule has 0 radical (unpaired) electrons. The molecule has 1 amide bonds. The number of hydrogen-bond acceptors (Lipinski definition) is 5. The number of halogens is 1. The molecule has 0 aromatic heterocycles. The Balaban J connectivity index is 1.69. The van der Waals surface area contributed by atoms with E-state index >= 15 is 0 Å². The normalized spacial score (nSPS) is 21.9. The quantitative estimate of drug-likeness (QED) is 0.557. The molecule has 1 atom stereocenters. The van der Waals surface area contributed by atoms with Crippen LogP contribution in [0.25, 0.3) is 0 Å². The van der Waals surface area contributed by atoms with Crippen molar-refractivity contribution in [2.45, 2.75) is 44.7 Å². The number of carbonyl (C=O) groups excluding carboxylic acids is 1. The standard InChI is InChI=1S/C23H27ClN4O4S/c1-15-6-8-17(9-7-15)28(33(30)31)19-5-3-4-18(21(19)24)23(2)14-20(29)27(22(25)26-23)16-10-12-32-13-11-16/h3-9,16,33H,10-14H2,1-2H3,(H2,25,26)/t23-/m0/s1. The van der Waals surface area contributed by atoms with Crippen LogP contribution in [0.4, 0.5) is 11.4 Å². The molecule has 4 rings (SSSR count). The summed E-state index contributed by atoms with van der Waals surface area (Å²) in [7, 11) is -3.02. The van der Waals surface area contributed by atoms with E-state index in [2.05, 4.69) is 5.32 Å². The third-order valence-electron chi connectivity index (χ3n) is 6.21. The second-order valence-corrected chi connectivity index (χ2v) is 9.87. The summed E-state index contributed by atoms with van der Waals surface area (Å²) >= 11 is 6.77. The predicted molar refractivity (Wildman–Crippen MR) is 129 cm³/mol. The highest BCUT2D eigenvalue weighted by atomic mass is 35.5. The molecule has 8 nitrogen and oxygen atoms in total. The van der Waals surface area contributed by atoms with Crippen molar-refractivity contribution < 1.29 is 17.9 Å². The predicted octanol–water partition coefficient (Wildman–Crippen LogP) is 3.46. The zero-order valence-corrected chi connectivity index (χ0v) is 20.2. The smallest absolute Gasteiger partial charge is 0.232 e. The summed E-state index contributed by atoms with van der Waals surface area (Å²) < 4.78 is 31.0. The second kappa shape index (κ2) is 9.32. The van der Waals surface area contributed by atoms with Crippen LogP contribution in [0.5, 0.6) is 0 Å². The molecule has 0 spiro atoms. The zero-order valence-electron chi connectivity index (χ0n) is 18.5. The molecule has 0 aliphatic carbocycles. The lowest BCUT2D eigenvalue weighted by molar-refractivity contribution is -0.133. The Kier molecular flexibility index (Phi) is 6.65. The first-order valence-electron chi connectivity index (χ1n) is 10.8. The van der Waals surface area contributed by atoms with Crippen LogP contribution in [0.1, 0.15) is 37.3 Å². The summed E-state index contributed by atoms with van der Waals surface area (Å²) in [6.07, 6.45) is 1.46. The van der Waals surface area contributed by atoms with Crippen molar-refractivity contribution in [3.8, 4) is 0 Å². The van der Waals surface area contributed by atoms with Gasteiger partial charge in [0.2, 0.25) is 16.8 Å². The van der Waals surface area contributed by atoms with Crippen LogP contribution >= 0.6 is 11.6 Å². The van der Waals surface area contributed by atoms with Gasteiger partial charge in [0, 0.05) is 19.3 Å². The van der Waals surface area contributed by atoms with Gasteiger partial charge in [-0.25, -0.2) is 12.7 Å². The van der Waals surface area contributed by atoms with Crippen LogP contribution in [0.2, 0.25) is 5.02 Å². The highest BCUT2D eigenvalue weighted by molar-refractivity contribution is 7.74. The Morgan fingerprint density at radius 3 is 2.45 bits per heavy atom. The molecule has 2 aromatic carbocycles. The van der Waals surface area contributed by atoms with Gasteiger partial charge in [0.05, 0.1) is 28.4 Å². The van der Waals surface area contributed by atoms with Crippen LogP contribution in [0.3, 0.4) is 0 Å². The molecule has 0 saturated carbocycles. The molecule has 2 aliphatic rings. The van der Waals surface area contributed by atoms with E-state index < -0.39 is 16.4 Å². The average Bonchev–Trinajstić information content (AvgIpc) is 2.76. The Bertz CT molecular complexity index is 1120. The van der Waals surface area contributed by atoms with E-state index in [4.69, 9.17) is 21.7 Å². The van der Waals surface area contributed by atoms with Crippen molar-refractivity contribution in [1.82, 2.24) is 10.2 Å². The number of ether oxygens (including phenoxy) is 1. The fraction of sp³-hybridized carbons (Fsp3) is 0.391. The summed E-state index contributed by atoms with van der Waals surface area (Å²) in [6.45, 7) is 4.85. The van der Waals surface area contributed by atoms with Gasteiger partial charge in [-0.3, -0.25) is 15.1 Å². The minimum atomic E-state index is -3.02. The highest BCUT2D eigenvalue weighted by Gasteiger charge is 2.43. The van der Waals surface area contributed by atoms with E-state index in [0.717, 1.165) is 9.87 Å². The number of nitrogens with zero attached hydrogens (tertiary/aromatic N) is 2. The molecule has 2 aliphatic heterocycles. The average molecular weight is 491 g/mol. The van der Waals surface area contributed by atoms with Crippen LogP contribution in [-0.2, 0) is 26.0 Å². The third kappa shape index (κ3) is 4.58. The van der Waals surface area contributed by atoms with Gasteiger partial charge in [-0.1, -0.05) is 41.4 Å². The topological polar surface area (TPSA) is 103 Å². The van der Waals surface area contributed by atoms with Crippen LogP contribution < -0.4 is 9.62 Å². The number of amides is 1. The second-order valence-electron chi connectivity index (χ2n) is 8.61. The van der Waals surface area contributed by atoms with Gasteiger partial charge >= 0.3 is 0 Å². The monoisotopic (exact) mass is 490 g/mol. The van der Waals surface area contributed by atoms with Gasteiger partial charge in [0.15, 0.2) is 5.96 Å². The molecule has 2 fully saturated rings. The van der Waals surface area contributed by atoms with Gasteiger partial charge in [0.25, 0.3) is 0 Å². The number of carbonyl (C=O) groups is 1. The SMILES string of the molecule is Cc1ccc(N(c2cccc([C@]3(C)CC(=O)N(C4CCOCC4)C(=N)N3)c2Cl)[SH](=O)=O)cc1. The van der Waals surface area contributed by atoms with Gasteiger partial charge in [0.1, 0.15) is 0 Å². The van der Waals surface area contributed by atoms with Crippen LogP contribution in [0, 0.1) is 12.3 Å². The Hall–Kier alpha value is -2.62. The molecule has 0 bridgehead atoms. The van der Waals surface area contributed by atoms with Crippen molar-refractivity contribution in [3.05, 3.63) is 58.6 Å². The lowest BCUT2D eigenvalue weighted by Gasteiger charge is -2.45. The van der Waals surface area contributed by atoms with Gasteiger partial charge < -0.3 is 10.1 Å². The van der Waals surface area contributed by atoms with E-state index in [-0.39, 0.29) is 29.4 Å². The molecular weight excluding hydrogens is 464 g/mol. The van der Waals surface area contributed by atoms with Crippen molar-refractivity contribution in [2.24, 2.45) is 0 Å².